The van der Waals surface area contributed by atoms with Crippen LogP contribution in [0.1, 0.15) is 40.0 Å². The Morgan fingerprint density at radius 1 is 1.08 bits per heavy atom. The van der Waals surface area contributed by atoms with E-state index in [1.165, 1.54) is 31.0 Å². The molecule has 5 rings (SSSR count). The predicted octanol–water partition coefficient (Wildman–Crippen LogP) is 6.65. The largest absolute Gasteiger partial charge is 0.480 e. The number of nitrogens with zero attached hydrogens (tertiary/aromatic N) is 5. The van der Waals surface area contributed by atoms with E-state index >= 15 is 4.39 Å². The number of nitrogens with one attached hydrogen (secondary N) is 1. The number of carbonyl (C=O) groups is 1. The van der Waals surface area contributed by atoms with Gasteiger partial charge in [-0.1, -0.05) is 23.1 Å². The summed E-state index contributed by atoms with van der Waals surface area (Å²) < 4.78 is 42.2. The third-order valence-corrected chi connectivity index (χ3v) is 7.63. The zero-order chi connectivity index (χ0) is 27.9. The zero-order valence-corrected chi connectivity index (χ0v) is 23.9. The topological polar surface area (TPSA) is 102 Å². The number of ether oxygens (including phenoxy) is 2. The van der Waals surface area contributed by atoms with Crippen molar-refractivity contribution in [3.63, 3.8) is 0 Å². The number of hydrogen-bond donors (Lipinski definition) is 1. The summed E-state index contributed by atoms with van der Waals surface area (Å²) >= 11 is 2.23. The van der Waals surface area contributed by atoms with Crippen LogP contribution in [0.25, 0.3) is 32.4 Å². The SMILES string of the molecule is COc1nc(-c2ccc(F)c3sc(NC(=O)OC(C)(C)C)nc23)c(F)c2nc(SC)nc(N3CCCCC3)c12. The fourth-order valence-electron chi connectivity index (χ4n) is 4.47. The number of amides is 1. The van der Waals surface area contributed by atoms with Gasteiger partial charge in [-0.2, -0.15) is 0 Å². The smallest absolute Gasteiger partial charge is 0.413 e. The minimum atomic E-state index is -0.730. The normalized spacial score (nSPS) is 14.2. The molecule has 1 N–H and O–H groups in total. The van der Waals surface area contributed by atoms with Crippen LogP contribution in [0.4, 0.5) is 24.5 Å². The molecule has 1 saturated heterocycles. The van der Waals surface area contributed by atoms with E-state index in [0.717, 1.165) is 43.7 Å². The van der Waals surface area contributed by atoms with Gasteiger partial charge in [0.15, 0.2) is 16.1 Å². The summed E-state index contributed by atoms with van der Waals surface area (Å²) in [5.41, 5.74) is -0.364. The average Bonchev–Trinajstić information content (AvgIpc) is 3.32. The summed E-state index contributed by atoms with van der Waals surface area (Å²) in [5, 5.41) is 3.45. The maximum absolute atomic E-state index is 16.3. The van der Waals surface area contributed by atoms with Gasteiger partial charge in [-0.05, 0) is 58.4 Å². The molecular formula is C26H28F2N6O3S2. The van der Waals surface area contributed by atoms with Crippen molar-refractivity contribution in [2.45, 2.75) is 50.8 Å². The zero-order valence-electron chi connectivity index (χ0n) is 22.2. The van der Waals surface area contributed by atoms with Gasteiger partial charge in [0.2, 0.25) is 5.88 Å². The molecule has 4 heterocycles. The van der Waals surface area contributed by atoms with Crippen molar-refractivity contribution in [1.82, 2.24) is 19.9 Å². The lowest BCUT2D eigenvalue weighted by Gasteiger charge is -2.29. The van der Waals surface area contributed by atoms with Crippen molar-refractivity contribution >= 4 is 61.3 Å². The van der Waals surface area contributed by atoms with Gasteiger partial charge < -0.3 is 14.4 Å². The maximum atomic E-state index is 16.3. The number of anilines is 2. The minimum absolute atomic E-state index is 0.0663. The lowest BCUT2D eigenvalue weighted by atomic mass is 10.1. The van der Waals surface area contributed by atoms with Crippen molar-refractivity contribution in [3.05, 3.63) is 23.8 Å². The highest BCUT2D eigenvalue weighted by molar-refractivity contribution is 7.98. The first-order valence-corrected chi connectivity index (χ1v) is 14.5. The number of fused-ring (bicyclic) bond motifs is 2. The molecule has 13 heteroatoms. The summed E-state index contributed by atoms with van der Waals surface area (Å²) in [5.74, 6) is -0.504. The molecule has 4 aromatic rings. The Bertz CT molecular complexity index is 1570. The molecule has 0 saturated carbocycles. The van der Waals surface area contributed by atoms with Gasteiger partial charge in [0, 0.05) is 18.7 Å². The molecule has 0 unspecified atom stereocenters. The van der Waals surface area contributed by atoms with E-state index in [1.807, 2.05) is 6.26 Å². The average molecular weight is 575 g/mol. The van der Waals surface area contributed by atoms with E-state index in [1.54, 1.807) is 20.8 Å². The molecular weight excluding hydrogens is 546 g/mol. The van der Waals surface area contributed by atoms with Crippen LogP contribution in [-0.4, -0.2) is 58.1 Å². The van der Waals surface area contributed by atoms with Crippen molar-refractivity contribution < 1.29 is 23.0 Å². The number of halogens is 2. The lowest BCUT2D eigenvalue weighted by molar-refractivity contribution is 0.0636. The Labute approximate surface area is 232 Å². The summed E-state index contributed by atoms with van der Waals surface area (Å²) in [6, 6.07) is 2.63. The van der Waals surface area contributed by atoms with E-state index in [0.29, 0.717) is 16.4 Å². The van der Waals surface area contributed by atoms with Gasteiger partial charge in [0.1, 0.15) is 33.8 Å². The molecule has 9 nitrogen and oxygen atoms in total. The highest BCUT2D eigenvalue weighted by atomic mass is 32.2. The Morgan fingerprint density at radius 3 is 2.49 bits per heavy atom. The van der Waals surface area contributed by atoms with Gasteiger partial charge in [-0.25, -0.2) is 33.5 Å². The number of carbonyl (C=O) groups excluding carboxylic acids is 1. The van der Waals surface area contributed by atoms with E-state index in [9.17, 15) is 9.18 Å². The fraction of sp³-hybridized carbons (Fsp3) is 0.423. The molecule has 1 aliphatic rings. The second-order valence-electron chi connectivity index (χ2n) is 10.0. The number of pyridine rings is 1. The highest BCUT2D eigenvalue weighted by Crippen LogP contribution is 2.41. The van der Waals surface area contributed by atoms with Crippen molar-refractivity contribution in [3.8, 4) is 17.1 Å². The van der Waals surface area contributed by atoms with Crippen LogP contribution in [0, 0.1) is 11.6 Å². The van der Waals surface area contributed by atoms with Gasteiger partial charge in [-0.15, -0.1) is 0 Å². The number of benzene rings is 1. The molecule has 206 valence electrons. The number of rotatable bonds is 5. The van der Waals surface area contributed by atoms with Crippen molar-refractivity contribution in [2.75, 3.05) is 36.7 Å². The van der Waals surface area contributed by atoms with Gasteiger partial charge in [0.05, 0.1) is 17.3 Å². The first-order valence-electron chi connectivity index (χ1n) is 12.4. The summed E-state index contributed by atoms with van der Waals surface area (Å²) in [6.07, 6.45) is 4.24. The first-order chi connectivity index (χ1) is 18.6. The Balaban J connectivity index is 1.68. The van der Waals surface area contributed by atoms with E-state index < -0.39 is 23.3 Å². The molecule has 1 aliphatic heterocycles. The molecule has 39 heavy (non-hydrogen) atoms. The van der Waals surface area contributed by atoms with E-state index in [2.05, 4.69) is 25.2 Å². The van der Waals surface area contributed by atoms with E-state index in [4.69, 9.17) is 14.5 Å². The third kappa shape index (κ3) is 5.42. The second kappa shape index (κ2) is 10.7. The molecule has 0 bridgehead atoms. The van der Waals surface area contributed by atoms with Crippen LogP contribution in [-0.2, 0) is 4.74 Å². The van der Waals surface area contributed by atoms with Crippen molar-refractivity contribution in [1.29, 1.82) is 0 Å². The number of thiazole rings is 1. The third-order valence-electron chi connectivity index (χ3n) is 6.10. The standard InChI is InChI=1S/C26H28F2N6O3S2/c1-26(2,3)37-25(35)33-24-30-18-13(9-10-14(27)20(18)39-24)17-16(28)19-15(22(29-17)36-4)21(32-23(31-19)38-5)34-11-7-6-8-12-34/h9-10H,6-8,11-12H2,1-5H3,(H,30,33,35). The van der Waals surface area contributed by atoms with E-state index in [-0.39, 0.29) is 38.0 Å². The molecule has 0 spiro atoms. The molecule has 3 aromatic heterocycles. The highest BCUT2D eigenvalue weighted by Gasteiger charge is 2.27. The molecule has 1 aromatic carbocycles. The summed E-state index contributed by atoms with van der Waals surface area (Å²) in [4.78, 5) is 32.5. The number of methoxy groups -OCH3 is 1. The number of aromatic nitrogens is 4. The minimum Gasteiger partial charge on any atom is -0.480 e. The van der Waals surface area contributed by atoms with Gasteiger partial charge >= 0.3 is 6.09 Å². The Kier molecular flexibility index (Phi) is 7.47. The summed E-state index contributed by atoms with van der Waals surface area (Å²) in [7, 11) is 1.46. The first kappa shape index (κ1) is 27.3. The predicted molar refractivity (Wildman–Crippen MR) is 150 cm³/mol. The second-order valence-corrected chi connectivity index (χ2v) is 11.8. The number of piperidine rings is 1. The van der Waals surface area contributed by atoms with Crippen LogP contribution in [0.5, 0.6) is 5.88 Å². The number of thioether (sulfide) groups is 1. The molecule has 1 fully saturated rings. The van der Waals surface area contributed by atoms with Crippen LogP contribution in [0.15, 0.2) is 17.3 Å². The monoisotopic (exact) mass is 574 g/mol. The molecule has 0 aliphatic carbocycles. The maximum Gasteiger partial charge on any atom is 0.413 e. The molecule has 0 radical (unpaired) electrons. The quantitative estimate of drug-likeness (QED) is 0.207. The number of hydrogen-bond acceptors (Lipinski definition) is 10. The van der Waals surface area contributed by atoms with Crippen LogP contribution in [0.3, 0.4) is 0 Å². The Hall–Kier alpha value is -3.32. The lowest BCUT2D eigenvalue weighted by Crippen LogP contribution is -2.30. The summed E-state index contributed by atoms with van der Waals surface area (Å²) in [6.45, 7) is 6.77. The van der Waals surface area contributed by atoms with Crippen molar-refractivity contribution in [2.24, 2.45) is 0 Å². The van der Waals surface area contributed by atoms with Crippen LogP contribution in [0.2, 0.25) is 0 Å². The Morgan fingerprint density at radius 2 is 1.82 bits per heavy atom. The van der Waals surface area contributed by atoms with Gasteiger partial charge in [0.25, 0.3) is 0 Å². The fourth-order valence-corrected chi connectivity index (χ4v) is 5.71. The molecule has 0 atom stereocenters. The van der Waals surface area contributed by atoms with Crippen LogP contribution >= 0.6 is 23.1 Å². The molecule has 1 amide bonds. The van der Waals surface area contributed by atoms with Crippen LogP contribution < -0.4 is 15.0 Å². The van der Waals surface area contributed by atoms with Gasteiger partial charge in [-0.3, -0.25) is 5.32 Å².